The van der Waals surface area contributed by atoms with E-state index in [-0.39, 0.29) is 33.8 Å². The van der Waals surface area contributed by atoms with E-state index in [1.165, 1.54) is 22.8 Å². The maximum Gasteiger partial charge on any atom is 0.320 e. The second kappa shape index (κ2) is 11.3. The standard InChI is InChI=1S/C34H27N7O6S/c1-17-8-13-27(48(45,46)47)25(14-17)37-33-38-32(39-34(44)40-33)35-19-10-9-18(2)24(15-19)36-23-11-12-26-29-22(16-28(42)41(26)3)20-6-4-5-7-21(20)31(43)30(23)29/h4-16,36H,1-3H3,(H,45,46,47)(H3,35,37,38,39,40,44). The first kappa shape index (κ1) is 30.5. The second-order valence-corrected chi connectivity index (χ2v) is 12.8. The highest BCUT2D eigenvalue weighted by atomic mass is 32.2. The Morgan fingerprint density at radius 1 is 0.729 bits per heavy atom. The molecule has 0 radical (unpaired) electrons. The SMILES string of the molecule is Cc1ccc(S(=O)(=O)O)c(Nc2nc(O)nc(Nc3ccc(C)c(Nc4ccc5c6c(cc(=O)n5C)-c5ccccc5C(=O)c46)c3)n2)c1. The summed E-state index contributed by atoms with van der Waals surface area (Å²) in [6.07, 6.45) is 0. The van der Waals surface area contributed by atoms with Crippen molar-refractivity contribution in [1.82, 2.24) is 19.5 Å². The number of nitrogens with zero attached hydrogens (tertiary/aromatic N) is 4. The fourth-order valence-corrected chi connectivity index (χ4v) is 6.46. The fourth-order valence-electron chi connectivity index (χ4n) is 5.83. The number of pyridine rings is 1. The van der Waals surface area contributed by atoms with Crippen molar-refractivity contribution >= 4 is 61.5 Å². The molecular formula is C34H27N7O6S. The van der Waals surface area contributed by atoms with Crippen LogP contribution in [0.2, 0.25) is 0 Å². The third kappa shape index (κ3) is 5.38. The van der Waals surface area contributed by atoms with Gasteiger partial charge in [-0.1, -0.05) is 36.4 Å². The molecule has 0 saturated carbocycles. The number of fused-ring (bicyclic) bond motifs is 2. The molecule has 0 spiro atoms. The van der Waals surface area contributed by atoms with Gasteiger partial charge in [0.1, 0.15) is 4.90 Å². The summed E-state index contributed by atoms with van der Waals surface area (Å²) in [4.78, 5) is 38.4. The van der Waals surface area contributed by atoms with Crippen molar-refractivity contribution in [2.45, 2.75) is 18.7 Å². The van der Waals surface area contributed by atoms with Gasteiger partial charge < -0.3 is 25.6 Å². The molecule has 5 N–H and O–H groups in total. The van der Waals surface area contributed by atoms with Crippen molar-refractivity contribution in [2.75, 3.05) is 16.0 Å². The van der Waals surface area contributed by atoms with Crippen molar-refractivity contribution in [1.29, 1.82) is 0 Å². The number of ketones is 1. The third-order valence-electron chi connectivity index (χ3n) is 8.15. The molecule has 0 aliphatic heterocycles. The van der Waals surface area contributed by atoms with Crippen LogP contribution >= 0.6 is 0 Å². The van der Waals surface area contributed by atoms with E-state index in [2.05, 4.69) is 30.9 Å². The van der Waals surface area contributed by atoms with Crippen LogP contribution in [0.15, 0.2) is 88.6 Å². The molecule has 1 aliphatic carbocycles. The summed E-state index contributed by atoms with van der Waals surface area (Å²) in [6, 6.07) is 21.4. The predicted molar refractivity (Wildman–Crippen MR) is 182 cm³/mol. The Kier molecular flexibility index (Phi) is 7.18. The number of carbonyl (C=O) groups excluding carboxylic acids is 1. The molecule has 0 unspecified atom stereocenters. The van der Waals surface area contributed by atoms with E-state index < -0.39 is 16.1 Å². The third-order valence-corrected chi connectivity index (χ3v) is 9.06. The monoisotopic (exact) mass is 661 g/mol. The Balaban J connectivity index is 1.24. The molecule has 0 amide bonds. The topological polar surface area (TPSA) is 188 Å². The highest BCUT2D eigenvalue weighted by Crippen LogP contribution is 2.42. The van der Waals surface area contributed by atoms with Crippen LogP contribution < -0.4 is 21.5 Å². The normalized spacial score (nSPS) is 12.1. The van der Waals surface area contributed by atoms with Crippen LogP contribution in [-0.2, 0) is 17.2 Å². The summed E-state index contributed by atoms with van der Waals surface area (Å²) in [6.45, 7) is 3.64. The molecule has 0 saturated heterocycles. The van der Waals surface area contributed by atoms with Crippen LogP contribution in [0.1, 0.15) is 27.0 Å². The lowest BCUT2D eigenvalue weighted by Gasteiger charge is -2.24. The molecule has 6 aromatic rings. The number of anilines is 6. The molecule has 7 rings (SSSR count). The molecule has 48 heavy (non-hydrogen) atoms. The molecule has 2 aromatic heterocycles. The van der Waals surface area contributed by atoms with E-state index >= 15 is 0 Å². The van der Waals surface area contributed by atoms with E-state index in [4.69, 9.17) is 0 Å². The van der Waals surface area contributed by atoms with Crippen molar-refractivity contribution in [3.05, 3.63) is 111 Å². The Morgan fingerprint density at radius 2 is 1.46 bits per heavy atom. The van der Waals surface area contributed by atoms with E-state index in [9.17, 15) is 27.7 Å². The van der Waals surface area contributed by atoms with Crippen LogP contribution in [0, 0.1) is 13.8 Å². The smallest absolute Gasteiger partial charge is 0.320 e. The van der Waals surface area contributed by atoms with E-state index in [1.54, 1.807) is 50.4 Å². The number of benzene rings is 4. The minimum atomic E-state index is -4.57. The van der Waals surface area contributed by atoms with Gasteiger partial charge in [0, 0.05) is 35.4 Å². The Labute approximate surface area is 273 Å². The summed E-state index contributed by atoms with van der Waals surface area (Å²) >= 11 is 0. The van der Waals surface area contributed by atoms with E-state index in [1.807, 2.05) is 31.2 Å². The quantitative estimate of drug-likeness (QED) is 0.131. The van der Waals surface area contributed by atoms with Gasteiger partial charge in [-0.05, 0) is 72.5 Å². The second-order valence-electron chi connectivity index (χ2n) is 11.4. The predicted octanol–water partition coefficient (Wildman–Crippen LogP) is 5.73. The van der Waals surface area contributed by atoms with Crippen molar-refractivity contribution < 1.29 is 22.9 Å². The maximum atomic E-state index is 13.9. The summed E-state index contributed by atoms with van der Waals surface area (Å²) in [7, 11) is -2.89. The number of aromatic hydroxyl groups is 1. The minimum absolute atomic E-state index is 0.00983. The molecule has 240 valence electrons. The number of nitrogens with one attached hydrogen (secondary N) is 3. The summed E-state index contributed by atoms with van der Waals surface area (Å²) in [5.41, 5.74) is 6.13. The first-order valence-corrected chi connectivity index (χ1v) is 16.1. The summed E-state index contributed by atoms with van der Waals surface area (Å²) < 4.78 is 35.0. The van der Waals surface area contributed by atoms with Gasteiger partial charge in [0.05, 0.1) is 22.5 Å². The molecule has 0 fully saturated rings. The van der Waals surface area contributed by atoms with Crippen LogP contribution in [0.4, 0.5) is 34.6 Å². The number of hydrogen-bond acceptors (Lipinski definition) is 11. The molecule has 13 nitrogen and oxygen atoms in total. The van der Waals surface area contributed by atoms with Gasteiger partial charge >= 0.3 is 6.01 Å². The highest BCUT2D eigenvalue weighted by molar-refractivity contribution is 7.86. The Hall–Kier alpha value is -6.12. The zero-order valence-electron chi connectivity index (χ0n) is 25.7. The molecule has 14 heteroatoms. The number of aryl methyl sites for hydroxylation is 3. The van der Waals surface area contributed by atoms with Gasteiger partial charge in [-0.3, -0.25) is 14.1 Å². The average Bonchev–Trinajstić information content (AvgIpc) is 3.03. The Bertz CT molecular complexity index is 2510. The fraction of sp³-hybridized carbons (Fsp3) is 0.0882. The van der Waals surface area contributed by atoms with Crippen molar-refractivity contribution in [3.8, 4) is 17.1 Å². The lowest BCUT2D eigenvalue weighted by molar-refractivity contribution is 0.104. The molecule has 4 aromatic carbocycles. The van der Waals surface area contributed by atoms with E-state index in [0.717, 1.165) is 5.56 Å². The molecular weight excluding hydrogens is 634 g/mol. The largest absolute Gasteiger partial charge is 0.479 e. The zero-order valence-corrected chi connectivity index (χ0v) is 26.5. The Morgan fingerprint density at radius 3 is 2.21 bits per heavy atom. The van der Waals surface area contributed by atoms with Crippen LogP contribution in [0.5, 0.6) is 6.01 Å². The van der Waals surface area contributed by atoms with Crippen molar-refractivity contribution in [3.63, 3.8) is 0 Å². The minimum Gasteiger partial charge on any atom is -0.479 e. The average molecular weight is 662 g/mol. The highest BCUT2D eigenvalue weighted by Gasteiger charge is 2.29. The van der Waals surface area contributed by atoms with Gasteiger partial charge in [0.25, 0.3) is 15.7 Å². The van der Waals surface area contributed by atoms with Gasteiger partial charge in [-0.15, -0.1) is 0 Å². The first-order chi connectivity index (χ1) is 22.9. The van der Waals surface area contributed by atoms with Gasteiger partial charge in [-0.25, -0.2) is 0 Å². The van der Waals surface area contributed by atoms with Gasteiger partial charge in [0.15, 0.2) is 5.78 Å². The van der Waals surface area contributed by atoms with E-state index in [0.29, 0.717) is 55.8 Å². The number of carbonyl (C=O) groups is 1. The van der Waals surface area contributed by atoms with Gasteiger partial charge in [0.2, 0.25) is 11.9 Å². The lowest BCUT2D eigenvalue weighted by Crippen LogP contribution is -2.21. The zero-order chi connectivity index (χ0) is 33.9. The molecule has 0 bridgehead atoms. The lowest BCUT2D eigenvalue weighted by atomic mass is 9.83. The number of aromatic nitrogens is 4. The first-order valence-electron chi connectivity index (χ1n) is 14.6. The summed E-state index contributed by atoms with van der Waals surface area (Å²) in [5.74, 6) is -0.396. The molecule has 1 aliphatic rings. The maximum absolute atomic E-state index is 13.9. The van der Waals surface area contributed by atoms with Crippen LogP contribution in [-0.4, -0.2) is 43.4 Å². The number of rotatable bonds is 7. The molecule has 0 atom stereocenters. The van der Waals surface area contributed by atoms with Crippen LogP contribution in [0.25, 0.3) is 22.0 Å². The summed E-state index contributed by atoms with van der Waals surface area (Å²) in [5, 5.41) is 20.1. The van der Waals surface area contributed by atoms with Gasteiger partial charge in [-0.2, -0.15) is 23.4 Å². The molecule has 2 heterocycles. The van der Waals surface area contributed by atoms with Crippen molar-refractivity contribution in [2.24, 2.45) is 7.05 Å². The number of hydrogen-bond donors (Lipinski definition) is 5. The van der Waals surface area contributed by atoms with Crippen LogP contribution in [0.3, 0.4) is 0 Å².